The first kappa shape index (κ1) is 15.9. The molecular weight excluding hydrogens is 291 g/mol. The fraction of sp³-hybridized carbons (Fsp3) is 0.688. The first-order valence-corrected chi connectivity index (χ1v) is 8.50. The van der Waals surface area contributed by atoms with E-state index in [0.29, 0.717) is 22.9 Å². The summed E-state index contributed by atoms with van der Waals surface area (Å²) in [5, 5.41) is 0.666. The topological polar surface area (TPSA) is 16.1 Å². The van der Waals surface area contributed by atoms with Crippen LogP contribution < -0.4 is 4.90 Å². The van der Waals surface area contributed by atoms with E-state index in [-0.39, 0.29) is 0 Å². The summed E-state index contributed by atoms with van der Waals surface area (Å²) in [4.78, 5) is 7.02. The molecule has 0 bridgehead atoms. The highest BCUT2D eigenvalue weighted by Gasteiger charge is 2.24. The van der Waals surface area contributed by atoms with Crippen LogP contribution in [-0.2, 0) is 5.88 Å². The van der Waals surface area contributed by atoms with E-state index in [0.717, 1.165) is 17.9 Å². The number of nitrogens with zero attached hydrogens (tertiary/aromatic N) is 2. The van der Waals surface area contributed by atoms with Crippen LogP contribution in [0.15, 0.2) is 12.3 Å². The molecule has 0 atom stereocenters. The van der Waals surface area contributed by atoms with Crippen molar-refractivity contribution in [1.29, 1.82) is 0 Å². The minimum Gasteiger partial charge on any atom is -0.354 e. The Balaban J connectivity index is 2.20. The average Bonchev–Trinajstić information content (AvgIpc) is 2.94. The Morgan fingerprint density at radius 1 is 1.35 bits per heavy atom. The molecule has 2 rings (SSSR count). The summed E-state index contributed by atoms with van der Waals surface area (Å²) in [6, 6.07) is 2.69. The highest BCUT2D eigenvalue weighted by molar-refractivity contribution is 6.32. The van der Waals surface area contributed by atoms with Crippen LogP contribution >= 0.6 is 23.2 Å². The highest BCUT2D eigenvalue weighted by atomic mass is 35.5. The molecule has 1 aliphatic carbocycles. The molecule has 0 spiro atoms. The molecule has 0 aromatic carbocycles. The largest absolute Gasteiger partial charge is 0.354 e. The molecule has 0 radical (unpaired) electrons. The lowest BCUT2D eigenvalue weighted by Crippen LogP contribution is -2.35. The Morgan fingerprint density at radius 3 is 2.65 bits per heavy atom. The van der Waals surface area contributed by atoms with Crippen LogP contribution in [0.4, 0.5) is 5.82 Å². The van der Waals surface area contributed by atoms with E-state index in [1.807, 2.05) is 0 Å². The second-order valence-corrected chi connectivity index (χ2v) is 6.76. The van der Waals surface area contributed by atoms with Crippen molar-refractivity contribution < 1.29 is 0 Å². The second kappa shape index (κ2) is 7.51. The Kier molecular flexibility index (Phi) is 5.98. The number of rotatable bonds is 6. The van der Waals surface area contributed by atoms with Gasteiger partial charge < -0.3 is 4.90 Å². The van der Waals surface area contributed by atoms with Crippen LogP contribution in [-0.4, -0.2) is 17.6 Å². The van der Waals surface area contributed by atoms with Crippen molar-refractivity contribution in [2.75, 3.05) is 11.4 Å². The molecule has 1 aliphatic rings. The molecule has 1 heterocycles. The monoisotopic (exact) mass is 314 g/mol. The SMILES string of the molecule is CC(C)CCN(c1cc(CCl)c(Cl)cn1)C1CCCC1. The molecule has 0 N–H and O–H groups in total. The molecule has 2 nitrogen and oxygen atoms in total. The molecule has 0 saturated heterocycles. The van der Waals surface area contributed by atoms with Gasteiger partial charge in [-0.2, -0.15) is 0 Å². The third-order valence-corrected chi connectivity index (χ3v) is 4.70. The van der Waals surface area contributed by atoms with Gasteiger partial charge in [-0.15, -0.1) is 11.6 Å². The van der Waals surface area contributed by atoms with Gasteiger partial charge in [-0.3, -0.25) is 0 Å². The lowest BCUT2D eigenvalue weighted by molar-refractivity contribution is 0.525. The van der Waals surface area contributed by atoms with Crippen molar-refractivity contribution in [3.05, 3.63) is 22.8 Å². The van der Waals surface area contributed by atoms with Gasteiger partial charge in [-0.25, -0.2) is 4.98 Å². The average molecular weight is 315 g/mol. The lowest BCUT2D eigenvalue weighted by atomic mass is 10.1. The molecule has 20 heavy (non-hydrogen) atoms. The minimum absolute atomic E-state index is 0.442. The molecule has 1 aromatic rings. The summed E-state index contributed by atoms with van der Waals surface area (Å²) in [7, 11) is 0. The van der Waals surface area contributed by atoms with Gasteiger partial charge in [0.25, 0.3) is 0 Å². The van der Waals surface area contributed by atoms with Gasteiger partial charge in [0.05, 0.1) is 5.02 Å². The zero-order valence-corrected chi connectivity index (χ0v) is 13.9. The first-order chi connectivity index (χ1) is 9.61. The first-order valence-electron chi connectivity index (χ1n) is 7.59. The van der Waals surface area contributed by atoms with Crippen molar-refractivity contribution in [3.8, 4) is 0 Å². The summed E-state index contributed by atoms with van der Waals surface area (Å²) in [5.74, 6) is 2.19. The normalized spacial score (nSPS) is 16.1. The predicted octanol–water partition coefficient (Wildman–Crippen LogP) is 5.27. The fourth-order valence-corrected chi connectivity index (χ4v) is 3.28. The molecule has 4 heteroatoms. The summed E-state index contributed by atoms with van der Waals surface area (Å²) in [6.07, 6.45) is 8.15. The Morgan fingerprint density at radius 2 is 2.05 bits per heavy atom. The van der Waals surface area contributed by atoms with E-state index < -0.39 is 0 Å². The Bertz CT molecular complexity index is 428. The number of anilines is 1. The van der Waals surface area contributed by atoms with E-state index >= 15 is 0 Å². The maximum atomic E-state index is 6.12. The van der Waals surface area contributed by atoms with Gasteiger partial charge in [0.1, 0.15) is 5.82 Å². The van der Waals surface area contributed by atoms with Crippen molar-refractivity contribution in [1.82, 2.24) is 4.98 Å². The Hall–Kier alpha value is -0.470. The standard InChI is InChI=1S/C16H24Cl2N2/c1-12(2)7-8-20(14-5-3-4-6-14)16-9-13(10-17)15(18)11-19-16/h9,11-12,14H,3-8,10H2,1-2H3. The molecule has 1 fully saturated rings. The van der Waals surface area contributed by atoms with Crippen LogP contribution in [0.2, 0.25) is 5.02 Å². The van der Waals surface area contributed by atoms with Crippen molar-refractivity contribution in [2.45, 2.75) is 57.9 Å². The van der Waals surface area contributed by atoms with Crippen LogP contribution in [0, 0.1) is 5.92 Å². The smallest absolute Gasteiger partial charge is 0.129 e. The van der Waals surface area contributed by atoms with E-state index in [1.165, 1.54) is 32.1 Å². The van der Waals surface area contributed by atoms with Crippen LogP contribution in [0.25, 0.3) is 0 Å². The Labute approximate surface area is 132 Å². The second-order valence-electron chi connectivity index (χ2n) is 6.08. The van der Waals surface area contributed by atoms with Crippen LogP contribution in [0.5, 0.6) is 0 Å². The van der Waals surface area contributed by atoms with Crippen molar-refractivity contribution in [3.63, 3.8) is 0 Å². The number of pyridine rings is 1. The van der Waals surface area contributed by atoms with Crippen LogP contribution in [0.3, 0.4) is 0 Å². The van der Waals surface area contributed by atoms with Gasteiger partial charge >= 0.3 is 0 Å². The zero-order valence-electron chi connectivity index (χ0n) is 12.4. The molecular formula is C16H24Cl2N2. The van der Waals surface area contributed by atoms with Crippen molar-refractivity contribution in [2.24, 2.45) is 5.92 Å². The van der Waals surface area contributed by atoms with E-state index in [9.17, 15) is 0 Å². The summed E-state index contributed by atoms with van der Waals surface area (Å²) in [6.45, 7) is 5.61. The quantitative estimate of drug-likeness (QED) is 0.665. The van der Waals surface area contributed by atoms with Crippen LogP contribution in [0.1, 0.15) is 51.5 Å². The van der Waals surface area contributed by atoms with E-state index in [4.69, 9.17) is 23.2 Å². The van der Waals surface area contributed by atoms with Crippen molar-refractivity contribution >= 4 is 29.0 Å². The van der Waals surface area contributed by atoms with E-state index in [2.05, 4.69) is 29.8 Å². The predicted molar refractivity (Wildman–Crippen MR) is 87.9 cm³/mol. The van der Waals surface area contributed by atoms with Gasteiger partial charge in [0.15, 0.2) is 0 Å². The zero-order chi connectivity index (χ0) is 14.5. The third kappa shape index (κ3) is 4.02. The third-order valence-electron chi connectivity index (χ3n) is 4.07. The summed E-state index contributed by atoms with van der Waals surface area (Å²) < 4.78 is 0. The molecule has 1 saturated carbocycles. The highest BCUT2D eigenvalue weighted by Crippen LogP contribution is 2.30. The molecule has 112 valence electrons. The fourth-order valence-electron chi connectivity index (χ4n) is 2.82. The molecule has 1 aromatic heterocycles. The molecule has 0 aliphatic heterocycles. The number of hydrogen-bond donors (Lipinski definition) is 0. The minimum atomic E-state index is 0.442. The maximum absolute atomic E-state index is 6.12. The van der Waals surface area contributed by atoms with Gasteiger partial charge in [0, 0.05) is 24.7 Å². The molecule has 0 amide bonds. The van der Waals surface area contributed by atoms with Gasteiger partial charge in [-0.1, -0.05) is 38.3 Å². The maximum Gasteiger partial charge on any atom is 0.129 e. The van der Waals surface area contributed by atoms with E-state index in [1.54, 1.807) is 6.20 Å². The lowest BCUT2D eigenvalue weighted by Gasteiger charge is -2.31. The van der Waals surface area contributed by atoms with Gasteiger partial charge in [-0.05, 0) is 36.8 Å². The molecule has 0 unspecified atom stereocenters. The number of halogens is 2. The number of hydrogen-bond acceptors (Lipinski definition) is 2. The number of alkyl halides is 1. The summed E-state index contributed by atoms with van der Waals surface area (Å²) >= 11 is 12.1. The number of aromatic nitrogens is 1. The summed E-state index contributed by atoms with van der Waals surface area (Å²) in [5.41, 5.74) is 0.978. The van der Waals surface area contributed by atoms with Gasteiger partial charge in [0.2, 0.25) is 0 Å².